The number of benzene rings is 2. The highest BCUT2D eigenvalue weighted by atomic mass is 16.6. The van der Waals surface area contributed by atoms with E-state index >= 15 is 0 Å². The summed E-state index contributed by atoms with van der Waals surface area (Å²) < 4.78 is 0. The van der Waals surface area contributed by atoms with Crippen molar-refractivity contribution in [1.82, 2.24) is 10.2 Å². The molecule has 0 bridgehead atoms. The summed E-state index contributed by atoms with van der Waals surface area (Å²) in [5.74, 6) is -0.287. The molecular weight excluding hydrogens is 342 g/mol. The minimum absolute atomic E-state index is 0.0243. The van der Waals surface area contributed by atoms with Crippen LogP contribution < -0.4 is 5.32 Å². The number of nitrogens with zero attached hydrogens (tertiary/aromatic N) is 2. The third kappa shape index (κ3) is 5.76. The molecule has 0 saturated heterocycles. The van der Waals surface area contributed by atoms with E-state index in [1.54, 1.807) is 18.2 Å². The molecular formula is C21H25N3O3. The highest BCUT2D eigenvalue weighted by Crippen LogP contribution is 2.20. The number of nitro groups is 1. The lowest BCUT2D eigenvalue weighted by atomic mass is 10.0. The number of hydrogen-bond acceptors (Lipinski definition) is 4. The van der Waals surface area contributed by atoms with Gasteiger partial charge in [0.1, 0.15) is 0 Å². The van der Waals surface area contributed by atoms with Crippen LogP contribution in [0.15, 0.2) is 54.6 Å². The predicted octanol–water partition coefficient (Wildman–Crippen LogP) is 3.59. The molecule has 0 radical (unpaired) electrons. The molecule has 0 saturated carbocycles. The van der Waals surface area contributed by atoms with E-state index in [4.69, 9.17) is 0 Å². The molecule has 1 N–H and O–H groups in total. The molecule has 1 atom stereocenters. The molecule has 0 spiro atoms. The molecule has 6 nitrogen and oxygen atoms in total. The zero-order chi connectivity index (χ0) is 19.8. The first-order chi connectivity index (χ1) is 12.9. The Hall–Kier alpha value is -2.99. The van der Waals surface area contributed by atoms with Gasteiger partial charge in [0.25, 0.3) is 5.69 Å². The van der Waals surface area contributed by atoms with Gasteiger partial charge in [-0.15, -0.1) is 0 Å². The Balaban J connectivity index is 2.02. The van der Waals surface area contributed by atoms with E-state index in [0.717, 1.165) is 12.0 Å². The topological polar surface area (TPSA) is 75.5 Å². The highest BCUT2D eigenvalue weighted by molar-refractivity contribution is 5.92. The molecule has 0 aliphatic rings. The molecule has 142 valence electrons. The van der Waals surface area contributed by atoms with E-state index in [0.29, 0.717) is 12.1 Å². The summed E-state index contributed by atoms with van der Waals surface area (Å²) in [4.78, 5) is 24.8. The van der Waals surface area contributed by atoms with Crippen LogP contribution in [0.2, 0.25) is 0 Å². The maximum absolute atomic E-state index is 12.2. The number of carbonyl (C=O) groups is 1. The Morgan fingerprint density at radius 2 is 1.85 bits per heavy atom. The smallest absolute Gasteiger partial charge is 0.276 e. The van der Waals surface area contributed by atoms with Crippen LogP contribution in [0.3, 0.4) is 0 Å². The Morgan fingerprint density at radius 1 is 1.19 bits per heavy atom. The van der Waals surface area contributed by atoms with Gasteiger partial charge >= 0.3 is 0 Å². The SMILES string of the molecule is CCc1ccc([C@@H](CNC(=O)/C=C/c2ccccc2[N+](=O)[O-])N(C)C)cc1. The first-order valence-corrected chi connectivity index (χ1v) is 8.87. The fourth-order valence-electron chi connectivity index (χ4n) is 2.79. The standard InChI is InChI=1S/C21H25N3O3/c1-4-16-9-11-18(12-10-16)20(23(2)3)15-22-21(25)14-13-17-7-5-6-8-19(17)24(26)27/h5-14,20H,4,15H2,1-3H3,(H,22,25)/b14-13+/t20-/m1/s1. The van der Waals surface area contributed by atoms with Gasteiger partial charge in [-0.25, -0.2) is 0 Å². The molecule has 0 aliphatic heterocycles. The highest BCUT2D eigenvalue weighted by Gasteiger charge is 2.15. The van der Waals surface area contributed by atoms with Gasteiger partial charge in [-0.05, 0) is 43.8 Å². The summed E-state index contributed by atoms with van der Waals surface area (Å²) in [5.41, 5.74) is 2.77. The third-order valence-electron chi connectivity index (χ3n) is 4.41. The number of aryl methyl sites for hydroxylation is 1. The number of nitrogens with one attached hydrogen (secondary N) is 1. The first-order valence-electron chi connectivity index (χ1n) is 8.87. The average molecular weight is 367 g/mol. The zero-order valence-electron chi connectivity index (χ0n) is 15.9. The summed E-state index contributed by atoms with van der Waals surface area (Å²) >= 11 is 0. The second-order valence-corrected chi connectivity index (χ2v) is 6.47. The van der Waals surface area contributed by atoms with Crippen LogP contribution in [0, 0.1) is 10.1 Å². The van der Waals surface area contributed by atoms with Crippen molar-refractivity contribution in [2.75, 3.05) is 20.6 Å². The van der Waals surface area contributed by atoms with Gasteiger partial charge in [-0.2, -0.15) is 0 Å². The van der Waals surface area contributed by atoms with Gasteiger partial charge in [0.05, 0.1) is 16.5 Å². The van der Waals surface area contributed by atoms with Crippen LogP contribution in [-0.2, 0) is 11.2 Å². The minimum Gasteiger partial charge on any atom is -0.351 e. The monoisotopic (exact) mass is 367 g/mol. The lowest BCUT2D eigenvalue weighted by Gasteiger charge is -2.25. The van der Waals surface area contributed by atoms with Crippen molar-refractivity contribution < 1.29 is 9.72 Å². The second kappa shape index (κ2) is 9.64. The van der Waals surface area contributed by atoms with Crippen molar-refractivity contribution in [1.29, 1.82) is 0 Å². The lowest BCUT2D eigenvalue weighted by Crippen LogP contribution is -2.33. The molecule has 27 heavy (non-hydrogen) atoms. The molecule has 0 heterocycles. The Bertz CT molecular complexity index is 814. The molecule has 2 aromatic rings. The van der Waals surface area contributed by atoms with E-state index < -0.39 is 4.92 Å². The maximum Gasteiger partial charge on any atom is 0.276 e. The van der Waals surface area contributed by atoms with Gasteiger partial charge in [0.2, 0.25) is 5.91 Å². The second-order valence-electron chi connectivity index (χ2n) is 6.47. The van der Waals surface area contributed by atoms with Gasteiger partial charge in [0, 0.05) is 18.7 Å². The van der Waals surface area contributed by atoms with E-state index in [1.807, 2.05) is 19.0 Å². The summed E-state index contributed by atoms with van der Waals surface area (Å²) in [6.45, 7) is 2.56. The molecule has 2 rings (SSSR count). The van der Waals surface area contributed by atoms with Crippen LogP contribution in [0.4, 0.5) is 5.69 Å². The normalized spacial score (nSPS) is 12.3. The van der Waals surface area contributed by atoms with Gasteiger partial charge in [-0.1, -0.05) is 43.3 Å². The van der Waals surface area contributed by atoms with Crippen LogP contribution in [-0.4, -0.2) is 36.4 Å². The number of nitro benzene ring substituents is 1. The summed E-state index contributed by atoms with van der Waals surface area (Å²) in [7, 11) is 3.93. The Kier molecular flexibility index (Phi) is 7.25. The van der Waals surface area contributed by atoms with Crippen molar-refractivity contribution in [3.8, 4) is 0 Å². The Labute approximate surface area is 159 Å². The van der Waals surface area contributed by atoms with Crippen molar-refractivity contribution in [3.63, 3.8) is 0 Å². The van der Waals surface area contributed by atoms with E-state index in [9.17, 15) is 14.9 Å². The van der Waals surface area contributed by atoms with Crippen molar-refractivity contribution in [2.24, 2.45) is 0 Å². The average Bonchev–Trinajstić information content (AvgIpc) is 2.67. The van der Waals surface area contributed by atoms with Crippen LogP contribution in [0.1, 0.15) is 29.7 Å². The number of carbonyl (C=O) groups excluding carboxylic acids is 1. The summed E-state index contributed by atoms with van der Waals surface area (Å²) in [6, 6.07) is 14.7. The number of para-hydroxylation sites is 1. The summed E-state index contributed by atoms with van der Waals surface area (Å²) in [5, 5.41) is 13.9. The summed E-state index contributed by atoms with van der Waals surface area (Å²) in [6.07, 6.45) is 3.78. The number of rotatable bonds is 8. The zero-order valence-corrected chi connectivity index (χ0v) is 15.9. The fraction of sp³-hybridized carbons (Fsp3) is 0.286. The van der Waals surface area contributed by atoms with Crippen molar-refractivity contribution in [3.05, 3.63) is 81.4 Å². The molecule has 1 amide bonds. The lowest BCUT2D eigenvalue weighted by molar-refractivity contribution is -0.385. The van der Waals surface area contributed by atoms with Gasteiger partial charge < -0.3 is 10.2 Å². The van der Waals surface area contributed by atoms with Crippen LogP contribution >= 0.6 is 0 Å². The molecule has 0 unspecified atom stereocenters. The van der Waals surface area contributed by atoms with E-state index in [2.05, 4.69) is 36.5 Å². The largest absolute Gasteiger partial charge is 0.351 e. The van der Waals surface area contributed by atoms with E-state index in [1.165, 1.54) is 23.8 Å². The Morgan fingerprint density at radius 3 is 2.44 bits per heavy atom. The fourth-order valence-corrected chi connectivity index (χ4v) is 2.79. The number of likely N-dealkylation sites (N-methyl/N-ethyl adjacent to an activating group) is 1. The molecule has 2 aromatic carbocycles. The van der Waals surface area contributed by atoms with Crippen molar-refractivity contribution in [2.45, 2.75) is 19.4 Å². The number of amides is 1. The minimum atomic E-state index is -0.459. The maximum atomic E-state index is 12.2. The van der Waals surface area contributed by atoms with Gasteiger partial charge in [0.15, 0.2) is 0 Å². The predicted molar refractivity (Wildman–Crippen MR) is 107 cm³/mol. The van der Waals surface area contributed by atoms with Crippen LogP contribution in [0.25, 0.3) is 6.08 Å². The van der Waals surface area contributed by atoms with Crippen molar-refractivity contribution >= 4 is 17.7 Å². The van der Waals surface area contributed by atoms with Crippen LogP contribution in [0.5, 0.6) is 0 Å². The third-order valence-corrected chi connectivity index (χ3v) is 4.41. The van der Waals surface area contributed by atoms with Gasteiger partial charge in [-0.3, -0.25) is 14.9 Å². The molecule has 0 aliphatic carbocycles. The number of hydrogen-bond donors (Lipinski definition) is 1. The first kappa shape index (κ1) is 20.3. The quantitative estimate of drug-likeness (QED) is 0.439. The van der Waals surface area contributed by atoms with E-state index in [-0.39, 0.29) is 17.6 Å². The molecule has 0 fully saturated rings. The molecule has 6 heteroatoms. The molecule has 0 aromatic heterocycles.